The summed E-state index contributed by atoms with van der Waals surface area (Å²) in [5, 5.41) is 9.53. The molecule has 1 amide bonds. The zero-order valence-corrected chi connectivity index (χ0v) is 9.82. The first-order chi connectivity index (χ1) is 7.75. The minimum absolute atomic E-state index is 0.201. The first-order valence-electron chi connectivity index (χ1n) is 6.39. The lowest BCUT2D eigenvalue weighted by atomic mass is 9.96. The Balaban J connectivity index is 1.84. The Labute approximate surface area is 97.1 Å². The number of carbonyl (C=O) groups excluding carboxylic acids is 1. The normalized spacial score (nSPS) is 26.4. The van der Waals surface area contributed by atoms with Gasteiger partial charge in [0.05, 0.1) is 6.10 Å². The van der Waals surface area contributed by atoms with E-state index in [1.165, 1.54) is 18.4 Å². The maximum Gasteiger partial charge on any atom is 0.226 e. The van der Waals surface area contributed by atoms with Gasteiger partial charge in [0.25, 0.3) is 0 Å². The van der Waals surface area contributed by atoms with Crippen LogP contribution in [-0.4, -0.2) is 35.1 Å². The highest BCUT2D eigenvalue weighted by Gasteiger charge is 2.22. The standard InChI is InChI=1S/C13H21NO2/c15-12-7-4-8-14(10-12)13(16)9-11-5-2-1-3-6-11/h5,12,15H,1-4,6-10H2. The highest BCUT2D eigenvalue weighted by molar-refractivity contribution is 5.78. The van der Waals surface area contributed by atoms with Crippen molar-refractivity contribution < 1.29 is 9.90 Å². The average Bonchev–Trinajstić information content (AvgIpc) is 2.30. The van der Waals surface area contributed by atoms with Crippen LogP contribution in [0.15, 0.2) is 11.6 Å². The van der Waals surface area contributed by atoms with Crippen LogP contribution < -0.4 is 0 Å². The minimum atomic E-state index is -0.307. The molecule has 1 atom stereocenters. The number of likely N-dealkylation sites (tertiary alicyclic amines) is 1. The number of β-amino-alcohol motifs (C(OH)–C–C–N with tert-alkyl or cyclic N) is 1. The van der Waals surface area contributed by atoms with E-state index >= 15 is 0 Å². The number of carbonyl (C=O) groups is 1. The van der Waals surface area contributed by atoms with Gasteiger partial charge in [0, 0.05) is 19.5 Å². The third-order valence-electron chi connectivity index (χ3n) is 3.51. The molecular formula is C13H21NO2. The van der Waals surface area contributed by atoms with E-state index in [-0.39, 0.29) is 12.0 Å². The van der Waals surface area contributed by atoms with Crippen molar-refractivity contribution in [1.29, 1.82) is 0 Å². The molecule has 1 aliphatic heterocycles. The van der Waals surface area contributed by atoms with Gasteiger partial charge in [0.2, 0.25) is 5.91 Å². The van der Waals surface area contributed by atoms with Crippen molar-refractivity contribution in [3.63, 3.8) is 0 Å². The van der Waals surface area contributed by atoms with Gasteiger partial charge in [0.15, 0.2) is 0 Å². The van der Waals surface area contributed by atoms with Crippen molar-refractivity contribution in [2.75, 3.05) is 13.1 Å². The first kappa shape index (κ1) is 11.6. The molecule has 0 aromatic heterocycles. The molecule has 3 nitrogen and oxygen atoms in total. The summed E-state index contributed by atoms with van der Waals surface area (Å²) in [6.07, 6.45) is 8.97. The monoisotopic (exact) mass is 223 g/mol. The Bertz CT molecular complexity index is 286. The van der Waals surface area contributed by atoms with E-state index < -0.39 is 0 Å². The van der Waals surface area contributed by atoms with Crippen LogP contribution in [0, 0.1) is 0 Å². The van der Waals surface area contributed by atoms with Gasteiger partial charge < -0.3 is 10.0 Å². The first-order valence-corrected chi connectivity index (χ1v) is 6.39. The van der Waals surface area contributed by atoms with Crippen molar-refractivity contribution >= 4 is 5.91 Å². The van der Waals surface area contributed by atoms with Gasteiger partial charge in [-0.05, 0) is 38.5 Å². The molecule has 0 bridgehead atoms. The summed E-state index contributed by atoms with van der Waals surface area (Å²) < 4.78 is 0. The smallest absolute Gasteiger partial charge is 0.226 e. The number of aliphatic hydroxyl groups excluding tert-OH is 1. The Hall–Kier alpha value is -0.830. The highest BCUT2D eigenvalue weighted by Crippen LogP contribution is 2.21. The number of hydrogen-bond donors (Lipinski definition) is 1. The zero-order chi connectivity index (χ0) is 11.4. The number of aliphatic hydroxyl groups is 1. The van der Waals surface area contributed by atoms with Crippen LogP contribution in [-0.2, 0) is 4.79 Å². The second kappa shape index (κ2) is 5.48. The largest absolute Gasteiger partial charge is 0.391 e. The molecule has 1 heterocycles. The average molecular weight is 223 g/mol. The third-order valence-corrected chi connectivity index (χ3v) is 3.51. The summed E-state index contributed by atoms with van der Waals surface area (Å²) in [4.78, 5) is 13.8. The quantitative estimate of drug-likeness (QED) is 0.726. The minimum Gasteiger partial charge on any atom is -0.391 e. The second-order valence-electron chi connectivity index (χ2n) is 4.92. The van der Waals surface area contributed by atoms with E-state index in [1.807, 2.05) is 4.90 Å². The Morgan fingerprint density at radius 1 is 1.44 bits per heavy atom. The van der Waals surface area contributed by atoms with Crippen LogP contribution in [0.3, 0.4) is 0 Å². The van der Waals surface area contributed by atoms with Crippen LogP contribution >= 0.6 is 0 Å². The molecule has 2 rings (SSSR count). The summed E-state index contributed by atoms with van der Waals surface area (Å²) in [5.41, 5.74) is 1.30. The molecule has 0 spiro atoms. The number of rotatable bonds is 2. The summed E-state index contributed by atoms with van der Waals surface area (Å²) in [6, 6.07) is 0. The van der Waals surface area contributed by atoms with E-state index in [0.717, 1.165) is 32.2 Å². The number of allylic oxidation sites excluding steroid dienone is 1. The Morgan fingerprint density at radius 3 is 3.00 bits per heavy atom. The lowest BCUT2D eigenvalue weighted by Gasteiger charge is -2.30. The van der Waals surface area contributed by atoms with Gasteiger partial charge in [-0.1, -0.05) is 11.6 Å². The molecule has 0 aromatic rings. The fraction of sp³-hybridized carbons (Fsp3) is 0.769. The van der Waals surface area contributed by atoms with E-state index in [1.54, 1.807) is 0 Å². The van der Waals surface area contributed by atoms with Gasteiger partial charge in [0.1, 0.15) is 0 Å². The summed E-state index contributed by atoms with van der Waals surface area (Å²) >= 11 is 0. The molecule has 1 N–H and O–H groups in total. The van der Waals surface area contributed by atoms with Crippen molar-refractivity contribution in [3.8, 4) is 0 Å². The maximum atomic E-state index is 12.0. The van der Waals surface area contributed by atoms with Crippen LogP contribution in [0.4, 0.5) is 0 Å². The van der Waals surface area contributed by atoms with Crippen LogP contribution in [0.5, 0.6) is 0 Å². The summed E-state index contributed by atoms with van der Waals surface area (Å²) in [5.74, 6) is 0.201. The Kier molecular flexibility index (Phi) is 3.99. The summed E-state index contributed by atoms with van der Waals surface area (Å²) in [7, 11) is 0. The third kappa shape index (κ3) is 3.08. The fourth-order valence-corrected chi connectivity index (χ4v) is 2.55. The molecule has 1 aliphatic carbocycles. The van der Waals surface area contributed by atoms with Gasteiger partial charge in [-0.15, -0.1) is 0 Å². The van der Waals surface area contributed by atoms with E-state index in [4.69, 9.17) is 0 Å². The van der Waals surface area contributed by atoms with Gasteiger partial charge in [-0.25, -0.2) is 0 Å². The van der Waals surface area contributed by atoms with E-state index in [0.29, 0.717) is 13.0 Å². The molecule has 1 saturated heterocycles. The van der Waals surface area contributed by atoms with Gasteiger partial charge >= 0.3 is 0 Å². The molecule has 0 saturated carbocycles. The molecule has 0 radical (unpaired) electrons. The maximum absolute atomic E-state index is 12.0. The predicted octanol–water partition coefficient (Wildman–Crippen LogP) is 1.86. The lowest BCUT2D eigenvalue weighted by Crippen LogP contribution is -2.42. The highest BCUT2D eigenvalue weighted by atomic mass is 16.3. The van der Waals surface area contributed by atoms with Gasteiger partial charge in [-0.3, -0.25) is 4.79 Å². The number of amides is 1. The van der Waals surface area contributed by atoms with Crippen molar-refractivity contribution in [2.45, 2.75) is 51.0 Å². The molecule has 3 heteroatoms. The van der Waals surface area contributed by atoms with Crippen molar-refractivity contribution in [3.05, 3.63) is 11.6 Å². The molecular weight excluding hydrogens is 202 g/mol. The SMILES string of the molecule is O=C(CC1=CCCCC1)N1CCCC(O)C1. The van der Waals surface area contributed by atoms with E-state index in [9.17, 15) is 9.90 Å². The van der Waals surface area contributed by atoms with Crippen molar-refractivity contribution in [1.82, 2.24) is 4.90 Å². The van der Waals surface area contributed by atoms with Crippen molar-refractivity contribution in [2.24, 2.45) is 0 Å². The predicted molar refractivity (Wildman–Crippen MR) is 63.0 cm³/mol. The Morgan fingerprint density at radius 2 is 2.31 bits per heavy atom. The molecule has 1 fully saturated rings. The molecule has 16 heavy (non-hydrogen) atoms. The van der Waals surface area contributed by atoms with E-state index in [2.05, 4.69) is 6.08 Å². The number of nitrogens with zero attached hydrogens (tertiary/aromatic N) is 1. The molecule has 0 aromatic carbocycles. The number of piperidine rings is 1. The lowest BCUT2D eigenvalue weighted by molar-refractivity contribution is -0.133. The van der Waals surface area contributed by atoms with Crippen LogP contribution in [0.2, 0.25) is 0 Å². The molecule has 90 valence electrons. The van der Waals surface area contributed by atoms with Crippen LogP contribution in [0.25, 0.3) is 0 Å². The molecule has 2 aliphatic rings. The van der Waals surface area contributed by atoms with Crippen LogP contribution in [0.1, 0.15) is 44.9 Å². The number of hydrogen-bond acceptors (Lipinski definition) is 2. The zero-order valence-electron chi connectivity index (χ0n) is 9.82. The fourth-order valence-electron chi connectivity index (χ4n) is 2.55. The molecule has 1 unspecified atom stereocenters. The topological polar surface area (TPSA) is 40.5 Å². The second-order valence-corrected chi connectivity index (χ2v) is 4.92. The van der Waals surface area contributed by atoms with Gasteiger partial charge in [-0.2, -0.15) is 0 Å². The summed E-state index contributed by atoms with van der Waals surface area (Å²) in [6.45, 7) is 1.36.